The average Bonchev–Trinajstić information content (AvgIpc) is 2.97. The molecule has 4 nitrogen and oxygen atoms in total. The summed E-state index contributed by atoms with van der Waals surface area (Å²) < 4.78 is 0. The number of aromatic nitrogens is 1. The maximum Gasteiger partial charge on any atom is 0.270 e. The van der Waals surface area contributed by atoms with Crippen LogP contribution in [0.4, 0.5) is 0 Å². The van der Waals surface area contributed by atoms with Gasteiger partial charge in [0.15, 0.2) is 0 Å². The van der Waals surface area contributed by atoms with Gasteiger partial charge in [0.25, 0.3) is 5.91 Å². The summed E-state index contributed by atoms with van der Waals surface area (Å²) in [5.74, 6) is -0.0949. The van der Waals surface area contributed by atoms with Crippen molar-refractivity contribution < 1.29 is 4.79 Å². The quantitative estimate of drug-likeness (QED) is 0.915. The van der Waals surface area contributed by atoms with E-state index >= 15 is 0 Å². The molecule has 0 spiro atoms. The van der Waals surface area contributed by atoms with E-state index in [1.807, 2.05) is 6.92 Å². The molecule has 0 bridgehead atoms. The number of benzene rings is 1. The Bertz CT molecular complexity index is 650. The number of amides is 1. The van der Waals surface area contributed by atoms with Crippen LogP contribution in [0.1, 0.15) is 46.0 Å². The van der Waals surface area contributed by atoms with Crippen molar-refractivity contribution in [3.05, 3.63) is 51.5 Å². The Hall–Kier alpha value is -1.72. The van der Waals surface area contributed by atoms with E-state index in [1.165, 1.54) is 22.5 Å². The molecule has 1 aromatic carbocycles. The minimum atomic E-state index is -0.127. The third kappa shape index (κ3) is 3.14. The Labute approximate surface area is 128 Å². The molecule has 2 aromatic rings. The minimum absolute atomic E-state index is 0.0949. The number of carbonyl (C=O) groups is 1. The summed E-state index contributed by atoms with van der Waals surface area (Å²) in [7, 11) is 0. The van der Waals surface area contributed by atoms with E-state index in [0.717, 1.165) is 24.3 Å². The molecule has 3 N–H and O–H groups in total. The van der Waals surface area contributed by atoms with E-state index in [-0.39, 0.29) is 18.0 Å². The second-order valence-corrected chi connectivity index (χ2v) is 6.43. The van der Waals surface area contributed by atoms with Crippen LogP contribution < -0.4 is 11.1 Å². The number of nitrogens with two attached hydrogens (primary N) is 1. The molecule has 3 rings (SSSR count). The number of hydrogen-bond donors (Lipinski definition) is 2. The molecule has 0 radical (unpaired) electrons. The number of rotatable bonds is 3. The summed E-state index contributed by atoms with van der Waals surface area (Å²) in [5.41, 5.74) is 8.99. The van der Waals surface area contributed by atoms with Crippen molar-refractivity contribution in [3.63, 3.8) is 0 Å². The first-order valence-corrected chi connectivity index (χ1v) is 8.10. The van der Waals surface area contributed by atoms with Gasteiger partial charge in [-0.2, -0.15) is 0 Å². The highest BCUT2D eigenvalue weighted by Crippen LogP contribution is 2.22. The van der Waals surface area contributed by atoms with E-state index in [1.54, 1.807) is 5.38 Å². The highest BCUT2D eigenvalue weighted by atomic mass is 32.1. The molecule has 1 aliphatic rings. The summed E-state index contributed by atoms with van der Waals surface area (Å²) in [4.78, 5) is 16.6. The van der Waals surface area contributed by atoms with Crippen molar-refractivity contribution in [2.24, 2.45) is 5.73 Å². The van der Waals surface area contributed by atoms with Crippen LogP contribution in [0.25, 0.3) is 0 Å². The Kier molecular flexibility index (Phi) is 4.03. The molecule has 0 saturated heterocycles. The van der Waals surface area contributed by atoms with E-state index in [9.17, 15) is 4.79 Å². The normalized spacial score (nSPS) is 18.9. The Morgan fingerprint density at radius 3 is 2.90 bits per heavy atom. The summed E-state index contributed by atoms with van der Waals surface area (Å²) in [5, 5.41) is 5.68. The summed E-state index contributed by atoms with van der Waals surface area (Å²) >= 11 is 1.44. The smallest absolute Gasteiger partial charge is 0.270 e. The van der Waals surface area contributed by atoms with Crippen LogP contribution in [0, 0.1) is 0 Å². The standard InChI is InChI=1S/C16H19N3OS/c1-10(17)16-19-14(9-21-16)15(20)18-13-7-6-11-4-2-3-5-12(11)8-13/h2-5,9-10,13H,6-8,17H2,1H3,(H,18,20). The van der Waals surface area contributed by atoms with Gasteiger partial charge in [-0.15, -0.1) is 11.3 Å². The summed E-state index contributed by atoms with van der Waals surface area (Å²) in [6.45, 7) is 1.87. The van der Waals surface area contributed by atoms with Crippen molar-refractivity contribution in [2.75, 3.05) is 0 Å². The van der Waals surface area contributed by atoms with E-state index in [4.69, 9.17) is 5.73 Å². The highest BCUT2D eigenvalue weighted by Gasteiger charge is 2.21. The Morgan fingerprint density at radius 1 is 1.43 bits per heavy atom. The monoisotopic (exact) mass is 301 g/mol. The number of carbonyl (C=O) groups excluding carboxylic acids is 1. The predicted octanol–water partition coefficient (Wildman–Crippen LogP) is 2.45. The summed E-state index contributed by atoms with van der Waals surface area (Å²) in [6.07, 6.45) is 2.89. The van der Waals surface area contributed by atoms with Gasteiger partial charge in [-0.25, -0.2) is 4.98 Å². The Morgan fingerprint density at radius 2 is 2.19 bits per heavy atom. The lowest BCUT2D eigenvalue weighted by Crippen LogP contribution is -2.39. The lowest BCUT2D eigenvalue weighted by Gasteiger charge is -2.25. The van der Waals surface area contributed by atoms with Crippen molar-refractivity contribution >= 4 is 17.2 Å². The second kappa shape index (κ2) is 5.95. The second-order valence-electron chi connectivity index (χ2n) is 5.54. The molecule has 1 aromatic heterocycles. The van der Waals surface area contributed by atoms with Crippen molar-refractivity contribution in [3.8, 4) is 0 Å². The number of nitrogens with one attached hydrogen (secondary N) is 1. The van der Waals surface area contributed by atoms with Crippen molar-refractivity contribution in [1.29, 1.82) is 0 Å². The van der Waals surface area contributed by atoms with Crippen LogP contribution in [0.3, 0.4) is 0 Å². The lowest BCUT2D eigenvalue weighted by atomic mass is 9.88. The fraction of sp³-hybridized carbons (Fsp3) is 0.375. The number of fused-ring (bicyclic) bond motifs is 1. The van der Waals surface area contributed by atoms with Crippen LogP contribution in [0.15, 0.2) is 29.6 Å². The minimum Gasteiger partial charge on any atom is -0.348 e. The number of thiazole rings is 1. The van der Waals surface area contributed by atoms with Crippen molar-refractivity contribution in [1.82, 2.24) is 10.3 Å². The van der Waals surface area contributed by atoms with Crippen LogP contribution in [-0.2, 0) is 12.8 Å². The fourth-order valence-electron chi connectivity index (χ4n) is 2.68. The molecule has 2 unspecified atom stereocenters. The molecule has 0 fully saturated rings. The van der Waals surface area contributed by atoms with Crippen LogP contribution in [0.5, 0.6) is 0 Å². The Balaban J connectivity index is 1.66. The number of nitrogens with zero attached hydrogens (tertiary/aromatic N) is 1. The fourth-order valence-corrected chi connectivity index (χ4v) is 3.44. The van der Waals surface area contributed by atoms with Gasteiger partial charge in [0.1, 0.15) is 10.7 Å². The van der Waals surface area contributed by atoms with Gasteiger partial charge >= 0.3 is 0 Å². The molecular formula is C16H19N3OS. The maximum absolute atomic E-state index is 12.3. The van der Waals surface area contributed by atoms with Gasteiger partial charge in [-0.05, 0) is 37.3 Å². The van der Waals surface area contributed by atoms with Gasteiger partial charge in [-0.3, -0.25) is 4.79 Å². The molecule has 21 heavy (non-hydrogen) atoms. The first-order chi connectivity index (χ1) is 10.1. The van der Waals surface area contributed by atoms with E-state index in [2.05, 4.69) is 34.6 Å². The van der Waals surface area contributed by atoms with Crippen LogP contribution in [-0.4, -0.2) is 16.9 Å². The zero-order valence-electron chi connectivity index (χ0n) is 12.0. The maximum atomic E-state index is 12.3. The molecule has 1 amide bonds. The SMILES string of the molecule is CC(N)c1nc(C(=O)NC2CCc3ccccc3C2)cs1. The molecule has 1 aliphatic carbocycles. The average molecular weight is 301 g/mol. The third-order valence-electron chi connectivity index (χ3n) is 3.83. The zero-order valence-corrected chi connectivity index (χ0v) is 12.8. The van der Waals surface area contributed by atoms with E-state index in [0.29, 0.717) is 5.69 Å². The molecule has 0 saturated carbocycles. The zero-order chi connectivity index (χ0) is 14.8. The topological polar surface area (TPSA) is 68.0 Å². The molecule has 2 atom stereocenters. The van der Waals surface area contributed by atoms with Gasteiger partial charge in [0.2, 0.25) is 0 Å². The number of aryl methyl sites for hydroxylation is 1. The van der Waals surface area contributed by atoms with Gasteiger partial charge in [-0.1, -0.05) is 24.3 Å². The van der Waals surface area contributed by atoms with Gasteiger partial charge in [0, 0.05) is 11.4 Å². The van der Waals surface area contributed by atoms with Gasteiger partial charge in [0.05, 0.1) is 6.04 Å². The molecule has 110 valence electrons. The first-order valence-electron chi connectivity index (χ1n) is 7.22. The molecule has 5 heteroatoms. The van der Waals surface area contributed by atoms with Crippen LogP contribution in [0.2, 0.25) is 0 Å². The highest BCUT2D eigenvalue weighted by molar-refractivity contribution is 7.09. The summed E-state index contributed by atoms with van der Waals surface area (Å²) in [6, 6.07) is 8.50. The number of hydrogen-bond acceptors (Lipinski definition) is 4. The lowest BCUT2D eigenvalue weighted by molar-refractivity contribution is 0.0929. The van der Waals surface area contributed by atoms with E-state index < -0.39 is 0 Å². The largest absolute Gasteiger partial charge is 0.348 e. The molecule has 0 aliphatic heterocycles. The molecular weight excluding hydrogens is 282 g/mol. The molecule has 1 heterocycles. The third-order valence-corrected chi connectivity index (χ3v) is 4.87. The van der Waals surface area contributed by atoms with Gasteiger partial charge < -0.3 is 11.1 Å². The van der Waals surface area contributed by atoms with Crippen LogP contribution >= 0.6 is 11.3 Å². The van der Waals surface area contributed by atoms with Crippen molar-refractivity contribution in [2.45, 2.75) is 38.3 Å². The predicted molar refractivity (Wildman–Crippen MR) is 84.4 cm³/mol. The first kappa shape index (κ1) is 14.2.